The van der Waals surface area contributed by atoms with E-state index in [-0.39, 0.29) is 0 Å². The Morgan fingerprint density at radius 2 is 2.33 bits per heavy atom. The summed E-state index contributed by atoms with van der Waals surface area (Å²) in [6, 6.07) is 5.81. The van der Waals surface area contributed by atoms with Gasteiger partial charge in [0.2, 0.25) is 0 Å². The van der Waals surface area contributed by atoms with Gasteiger partial charge in [0.05, 0.1) is 4.34 Å². The van der Waals surface area contributed by atoms with Gasteiger partial charge in [0.25, 0.3) is 0 Å². The van der Waals surface area contributed by atoms with E-state index in [2.05, 4.69) is 15.8 Å². The largest absolute Gasteiger partial charge is 0.383 e. The Balaban J connectivity index is 1.80. The molecule has 0 aliphatic carbocycles. The van der Waals surface area contributed by atoms with Crippen molar-refractivity contribution in [2.75, 3.05) is 17.6 Å². The summed E-state index contributed by atoms with van der Waals surface area (Å²) in [5.41, 5.74) is 5.51. The summed E-state index contributed by atoms with van der Waals surface area (Å²) in [4.78, 5) is 1.28. The van der Waals surface area contributed by atoms with E-state index in [0.717, 1.165) is 22.3 Å². The van der Waals surface area contributed by atoms with E-state index in [9.17, 15) is 0 Å². The smallest absolute Gasteiger partial charge is 0.139 e. The van der Waals surface area contributed by atoms with Gasteiger partial charge < -0.3 is 11.1 Å². The van der Waals surface area contributed by atoms with Crippen molar-refractivity contribution in [3.63, 3.8) is 0 Å². The van der Waals surface area contributed by atoms with Gasteiger partial charge in [-0.25, -0.2) is 0 Å². The van der Waals surface area contributed by atoms with Gasteiger partial charge in [0, 0.05) is 17.5 Å². The maximum atomic E-state index is 5.83. The Labute approximate surface area is 101 Å². The van der Waals surface area contributed by atoms with E-state index < -0.39 is 0 Å². The Bertz CT molecular complexity index is 398. The summed E-state index contributed by atoms with van der Waals surface area (Å²) in [6.07, 6.45) is 0.967. The van der Waals surface area contributed by atoms with Crippen molar-refractivity contribution in [1.29, 1.82) is 0 Å². The average Bonchev–Trinajstić information content (AvgIpc) is 2.76. The molecule has 0 bridgehead atoms. The predicted molar refractivity (Wildman–Crippen MR) is 68.0 cm³/mol. The van der Waals surface area contributed by atoms with Gasteiger partial charge in [-0.15, -0.1) is 11.3 Å². The van der Waals surface area contributed by atoms with Gasteiger partial charge in [-0.05, 0) is 30.1 Å². The van der Waals surface area contributed by atoms with Crippen molar-refractivity contribution in [1.82, 2.24) is 4.37 Å². The van der Waals surface area contributed by atoms with Crippen LogP contribution in [-0.2, 0) is 6.42 Å². The zero-order valence-corrected chi connectivity index (χ0v) is 10.3. The molecule has 0 aliphatic heterocycles. The van der Waals surface area contributed by atoms with Crippen molar-refractivity contribution in [2.24, 2.45) is 0 Å². The number of nitrogens with two attached hydrogens (primary N) is 1. The zero-order chi connectivity index (χ0) is 10.7. The number of hydrogen-bond donors (Lipinski definition) is 2. The predicted octanol–water partition coefficient (Wildman–Crippen LogP) is 3.09. The number of nitrogens with zero attached hydrogens (tertiary/aromatic N) is 1. The first-order valence-electron chi connectivity index (χ1n) is 4.44. The van der Waals surface area contributed by atoms with Crippen LogP contribution >= 0.6 is 34.5 Å². The highest BCUT2D eigenvalue weighted by Crippen LogP contribution is 2.22. The first-order chi connectivity index (χ1) is 7.24. The van der Waals surface area contributed by atoms with Crippen molar-refractivity contribution < 1.29 is 0 Å². The summed E-state index contributed by atoms with van der Waals surface area (Å²) >= 11 is 8.83. The molecule has 0 fully saturated rings. The highest BCUT2D eigenvalue weighted by Gasteiger charge is 2.00. The summed E-state index contributed by atoms with van der Waals surface area (Å²) in [7, 11) is 0. The summed E-state index contributed by atoms with van der Waals surface area (Å²) in [5, 5.41) is 4.27. The fourth-order valence-corrected chi connectivity index (χ4v) is 2.85. The number of anilines is 2. The number of rotatable bonds is 4. The zero-order valence-electron chi connectivity index (χ0n) is 7.87. The van der Waals surface area contributed by atoms with Crippen LogP contribution in [0.1, 0.15) is 4.88 Å². The third-order valence-corrected chi connectivity index (χ3v) is 3.88. The van der Waals surface area contributed by atoms with Crippen LogP contribution in [-0.4, -0.2) is 10.9 Å². The molecule has 80 valence electrons. The van der Waals surface area contributed by atoms with Crippen LogP contribution in [0.5, 0.6) is 0 Å². The molecule has 2 aromatic heterocycles. The molecule has 2 rings (SSSR count). The molecule has 6 heteroatoms. The number of nitrogen functional groups attached to an aromatic ring is 1. The van der Waals surface area contributed by atoms with E-state index >= 15 is 0 Å². The normalized spacial score (nSPS) is 10.5. The number of nitrogens with one attached hydrogen (secondary N) is 1. The van der Waals surface area contributed by atoms with E-state index in [1.807, 2.05) is 12.1 Å². The molecule has 2 aromatic rings. The highest BCUT2D eigenvalue weighted by atomic mass is 35.5. The number of hydrogen-bond acceptors (Lipinski definition) is 5. The minimum atomic E-state index is 0.571. The maximum absolute atomic E-state index is 5.83. The fourth-order valence-electron chi connectivity index (χ4n) is 1.17. The summed E-state index contributed by atoms with van der Waals surface area (Å²) < 4.78 is 4.82. The quantitative estimate of drug-likeness (QED) is 0.887. The van der Waals surface area contributed by atoms with Crippen LogP contribution in [0.2, 0.25) is 4.34 Å². The van der Waals surface area contributed by atoms with Gasteiger partial charge in [-0.3, -0.25) is 0 Å². The van der Waals surface area contributed by atoms with E-state index in [1.165, 1.54) is 16.4 Å². The molecule has 0 radical (unpaired) electrons. The topological polar surface area (TPSA) is 50.9 Å². The second-order valence-electron chi connectivity index (χ2n) is 3.00. The van der Waals surface area contributed by atoms with Crippen molar-refractivity contribution >= 4 is 45.3 Å². The number of halogens is 1. The van der Waals surface area contributed by atoms with Gasteiger partial charge in [0.15, 0.2) is 0 Å². The molecule has 2 heterocycles. The Morgan fingerprint density at radius 3 is 2.93 bits per heavy atom. The van der Waals surface area contributed by atoms with E-state index in [1.54, 1.807) is 11.3 Å². The fraction of sp³-hybridized carbons (Fsp3) is 0.222. The van der Waals surface area contributed by atoms with Gasteiger partial charge in [-0.2, -0.15) is 4.37 Å². The van der Waals surface area contributed by atoms with Gasteiger partial charge in [-0.1, -0.05) is 11.6 Å². The maximum Gasteiger partial charge on any atom is 0.139 e. The lowest BCUT2D eigenvalue weighted by molar-refractivity contribution is 1.05. The lowest BCUT2D eigenvalue weighted by Crippen LogP contribution is -2.01. The van der Waals surface area contributed by atoms with Crippen molar-refractivity contribution in [2.45, 2.75) is 6.42 Å². The number of aromatic nitrogens is 1. The molecule has 3 N–H and O–H groups in total. The second kappa shape index (κ2) is 4.83. The molecule has 15 heavy (non-hydrogen) atoms. The lowest BCUT2D eigenvalue weighted by atomic mass is 10.3. The van der Waals surface area contributed by atoms with Crippen LogP contribution in [0.4, 0.5) is 10.8 Å². The molecule has 0 saturated heterocycles. The first kappa shape index (κ1) is 10.7. The Morgan fingerprint density at radius 1 is 1.47 bits per heavy atom. The standard InChI is InChI=1S/C9H10ClN3S2/c10-7-2-1-6(14-7)3-4-12-9-5-8(11)13-15-9/h1-2,5,12H,3-4H2,(H2,11,13). The van der Waals surface area contributed by atoms with Crippen LogP contribution in [0.3, 0.4) is 0 Å². The van der Waals surface area contributed by atoms with Crippen LogP contribution in [0.15, 0.2) is 18.2 Å². The molecule has 3 nitrogen and oxygen atoms in total. The van der Waals surface area contributed by atoms with E-state index in [4.69, 9.17) is 17.3 Å². The van der Waals surface area contributed by atoms with Crippen LogP contribution in [0, 0.1) is 0 Å². The van der Waals surface area contributed by atoms with E-state index in [0.29, 0.717) is 5.82 Å². The summed E-state index contributed by atoms with van der Waals surface area (Å²) in [6.45, 7) is 0.873. The highest BCUT2D eigenvalue weighted by molar-refractivity contribution is 7.16. The molecule has 0 aromatic carbocycles. The SMILES string of the molecule is Nc1cc(NCCc2ccc(Cl)s2)sn1. The van der Waals surface area contributed by atoms with Crippen LogP contribution in [0.25, 0.3) is 0 Å². The molecule has 0 atom stereocenters. The molecule has 0 spiro atoms. The first-order valence-corrected chi connectivity index (χ1v) is 6.41. The minimum Gasteiger partial charge on any atom is -0.383 e. The minimum absolute atomic E-state index is 0.571. The lowest BCUT2D eigenvalue weighted by Gasteiger charge is -1.99. The molecule has 0 aliphatic rings. The molecular formula is C9H10ClN3S2. The molecular weight excluding hydrogens is 250 g/mol. The van der Waals surface area contributed by atoms with Gasteiger partial charge >= 0.3 is 0 Å². The Hall–Kier alpha value is -0.780. The van der Waals surface area contributed by atoms with Crippen LogP contribution < -0.4 is 11.1 Å². The van der Waals surface area contributed by atoms with Crippen molar-refractivity contribution in [3.8, 4) is 0 Å². The van der Waals surface area contributed by atoms with Gasteiger partial charge in [0.1, 0.15) is 10.8 Å². The third-order valence-electron chi connectivity index (χ3n) is 1.83. The average molecular weight is 260 g/mol. The van der Waals surface area contributed by atoms with Crippen molar-refractivity contribution in [3.05, 3.63) is 27.4 Å². The molecule has 0 saturated carbocycles. The Kier molecular flexibility index (Phi) is 3.45. The monoisotopic (exact) mass is 259 g/mol. The number of thiophene rings is 1. The molecule has 0 amide bonds. The summed E-state index contributed by atoms with van der Waals surface area (Å²) in [5.74, 6) is 0.571. The third kappa shape index (κ3) is 3.09. The second-order valence-corrected chi connectivity index (χ2v) is 5.60. The molecule has 0 unspecified atom stereocenters.